The Morgan fingerprint density at radius 2 is 1.88 bits per heavy atom. The molecule has 1 aliphatic rings. The Balaban J connectivity index is 1.56. The number of hydrogen-bond acceptors (Lipinski definition) is 4. The van der Waals surface area contributed by atoms with Crippen LogP contribution in [0.25, 0.3) is 0 Å². The number of nitrogens with one attached hydrogen (secondary N) is 1. The minimum atomic E-state index is 0.0754. The second kappa shape index (κ2) is 8.83. The van der Waals surface area contributed by atoms with E-state index >= 15 is 0 Å². The summed E-state index contributed by atoms with van der Waals surface area (Å²) in [6.45, 7) is 4.83. The van der Waals surface area contributed by atoms with Crippen LogP contribution in [0.15, 0.2) is 53.1 Å². The Kier molecular flexibility index (Phi) is 6.25. The van der Waals surface area contributed by atoms with Crippen LogP contribution in [0.2, 0.25) is 0 Å². The predicted octanol–water partition coefficient (Wildman–Crippen LogP) is 2.32. The largest absolute Gasteiger partial charge is 0.469 e. The summed E-state index contributed by atoms with van der Waals surface area (Å²) in [6.07, 6.45) is 2.74. The molecule has 2 aromatic rings. The fraction of sp³-hybridized carbons (Fsp3) is 0.450. The summed E-state index contributed by atoms with van der Waals surface area (Å²) in [5.74, 6) is 0.931. The van der Waals surface area contributed by atoms with Gasteiger partial charge in [0.1, 0.15) is 5.76 Å². The van der Waals surface area contributed by atoms with Crippen molar-refractivity contribution in [1.29, 1.82) is 0 Å². The van der Waals surface area contributed by atoms with Crippen molar-refractivity contribution in [1.82, 2.24) is 15.1 Å². The molecular formula is C20H27N3O2. The van der Waals surface area contributed by atoms with Crippen LogP contribution in [0.3, 0.4) is 0 Å². The predicted molar refractivity (Wildman–Crippen MR) is 98.3 cm³/mol. The topological polar surface area (TPSA) is 48.7 Å². The quantitative estimate of drug-likeness (QED) is 0.840. The zero-order valence-corrected chi connectivity index (χ0v) is 14.9. The zero-order valence-electron chi connectivity index (χ0n) is 14.9. The molecule has 0 radical (unpaired) electrons. The normalized spacial score (nSPS) is 17.3. The monoisotopic (exact) mass is 341 g/mol. The van der Waals surface area contributed by atoms with E-state index in [9.17, 15) is 4.79 Å². The zero-order chi connectivity index (χ0) is 17.5. The number of benzene rings is 1. The second-order valence-electron chi connectivity index (χ2n) is 6.65. The first-order chi connectivity index (χ1) is 12.2. The fourth-order valence-corrected chi connectivity index (χ4v) is 3.26. The maximum absolute atomic E-state index is 12.2. The van der Waals surface area contributed by atoms with Crippen LogP contribution in [0.4, 0.5) is 0 Å². The lowest BCUT2D eigenvalue weighted by atomic mass is 10.0. The van der Waals surface area contributed by atoms with Crippen molar-refractivity contribution >= 4 is 5.91 Å². The number of aryl methyl sites for hydroxylation is 1. The third-order valence-corrected chi connectivity index (χ3v) is 4.83. The third kappa shape index (κ3) is 5.18. The number of nitrogens with zero attached hydrogens (tertiary/aromatic N) is 2. The Bertz CT molecular complexity index is 634. The molecule has 3 rings (SSSR count). The van der Waals surface area contributed by atoms with E-state index in [1.807, 2.05) is 18.2 Å². The smallest absolute Gasteiger partial charge is 0.220 e. The molecule has 1 aromatic carbocycles. The molecule has 25 heavy (non-hydrogen) atoms. The van der Waals surface area contributed by atoms with Crippen LogP contribution >= 0.6 is 0 Å². The molecule has 1 N–H and O–H groups in total. The van der Waals surface area contributed by atoms with Gasteiger partial charge < -0.3 is 14.6 Å². The number of rotatable bonds is 7. The summed E-state index contributed by atoms with van der Waals surface area (Å²) >= 11 is 0. The Morgan fingerprint density at radius 3 is 2.56 bits per heavy atom. The molecule has 0 spiro atoms. The third-order valence-electron chi connectivity index (χ3n) is 4.83. The first-order valence-electron chi connectivity index (χ1n) is 8.99. The molecule has 5 nitrogen and oxygen atoms in total. The molecule has 1 aromatic heterocycles. The van der Waals surface area contributed by atoms with Crippen LogP contribution in [0.5, 0.6) is 0 Å². The van der Waals surface area contributed by atoms with E-state index in [0.717, 1.165) is 31.9 Å². The highest BCUT2D eigenvalue weighted by molar-refractivity contribution is 5.76. The van der Waals surface area contributed by atoms with E-state index in [0.29, 0.717) is 19.4 Å². The average Bonchev–Trinajstić information content (AvgIpc) is 3.16. The van der Waals surface area contributed by atoms with Crippen molar-refractivity contribution in [3.8, 4) is 0 Å². The maximum atomic E-state index is 12.2. The summed E-state index contributed by atoms with van der Waals surface area (Å²) in [6, 6.07) is 14.5. The van der Waals surface area contributed by atoms with Crippen molar-refractivity contribution in [3.05, 3.63) is 60.1 Å². The Morgan fingerprint density at radius 1 is 1.12 bits per heavy atom. The van der Waals surface area contributed by atoms with E-state index in [1.54, 1.807) is 6.26 Å². The number of hydrogen-bond donors (Lipinski definition) is 1. The van der Waals surface area contributed by atoms with Crippen molar-refractivity contribution in [2.75, 3.05) is 39.8 Å². The minimum Gasteiger partial charge on any atom is -0.469 e. The maximum Gasteiger partial charge on any atom is 0.220 e. The van der Waals surface area contributed by atoms with Gasteiger partial charge >= 0.3 is 0 Å². The van der Waals surface area contributed by atoms with Gasteiger partial charge in [-0.15, -0.1) is 0 Å². The van der Waals surface area contributed by atoms with Gasteiger partial charge in [0.05, 0.1) is 12.3 Å². The van der Waals surface area contributed by atoms with Gasteiger partial charge in [0.15, 0.2) is 0 Å². The summed E-state index contributed by atoms with van der Waals surface area (Å²) in [7, 11) is 2.16. The number of furan rings is 1. The fourth-order valence-electron chi connectivity index (χ4n) is 3.26. The highest BCUT2D eigenvalue weighted by Gasteiger charge is 2.24. The molecule has 1 aliphatic heterocycles. The molecule has 134 valence electrons. The molecule has 5 heteroatoms. The van der Waals surface area contributed by atoms with Crippen LogP contribution in [-0.4, -0.2) is 55.5 Å². The lowest BCUT2D eigenvalue weighted by Crippen LogP contribution is -2.48. The van der Waals surface area contributed by atoms with Gasteiger partial charge in [-0.1, -0.05) is 30.3 Å². The van der Waals surface area contributed by atoms with Gasteiger partial charge in [-0.3, -0.25) is 9.69 Å². The highest BCUT2D eigenvalue weighted by atomic mass is 16.3. The molecule has 1 unspecified atom stereocenters. The molecule has 0 saturated carbocycles. The summed E-state index contributed by atoms with van der Waals surface area (Å²) < 4.78 is 5.29. The lowest BCUT2D eigenvalue weighted by molar-refractivity contribution is -0.121. The van der Waals surface area contributed by atoms with Gasteiger partial charge in [0.25, 0.3) is 0 Å². The average molecular weight is 341 g/mol. The number of amides is 1. The summed E-state index contributed by atoms with van der Waals surface area (Å²) in [5, 5.41) is 3.12. The molecule has 1 atom stereocenters. The summed E-state index contributed by atoms with van der Waals surface area (Å²) in [4.78, 5) is 17.1. The highest BCUT2D eigenvalue weighted by Crippen LogP contribution is 2.21. The molecular weight excluding hydrogens is 314 g/mol. The Labute approximate surface area is 149 Å². The van der Waals surface area contributed by atoms with E-state index in [2.05, 4.69) is 46.4 Å². The summed E-state index contributed by atoms with van der Waals surface area (Å²) in [5.41, 5.74) is 1.26. The first kappa shape index (κ1) is 17.7. The van der Waals surface area contributed by atoms with Crippen molar-refractivity contribution in [3.63, 3.8) is 0 Å². The first-order valence-corrected chi connectivity index (χ1v) is 8.99. The van der Waals surface area contributed by atoms with Crippen molar-refractivity contribution in [2.45, 2.75) is 18.9 Å². The SMILES string of the molecule is CN1CCN(C(CNC(=O)CCc2ccco2)c2ccccc2)CC1. The van der Waals surface area contributed by atoms with Gasteiger partial charge in [0.2, 0.25) is 5.91 Å². The van der Waals surface area contributed by atoms with Crippen molar-refractivity contribution < 1.29 is 9.21 Å². The second-order valence-corrected chi connectivity index (χ2v) is 6.65. The van der Waals surface area contributed by atoms with Crippen LogP contribution in [0, 0.1) is 0 Å². The number of carbonyl (C=O) groups excluding carboxylic acids is 1. The van der Waals surface area contributed by atoms with E-state index < -0.39 is 0 Å². The molecule has 0 aliphatic carbocycles. The standard InChI is InChI=1S/C20H27N3O2/c1-22-11-13-23(14-12-22)19(17-6-3-2-4-7-17)16-21-20(24)10-9-18-8-5-15-25-18/h2-8,15,19H,9-14,16H2,1H3,(H,21,24). The van der Waals surface area contributed by atoms with E-state index in [1.165, 1.54) is 5.56 Å². The Hall–Kier alpha value is -2.11. The lowest BCUT2D eigenvalue weighted by Gasteiger charge is -2.38. The van der Waals surface area contributed by atoms with Gasteiger partial charge in [-0.05, 0) is 24.7 Å². The van der Waals surface area contributed by atoms with Gasteiger partial charge in [-0.2, -0.15) is 0 Å². The number of piperazine rings is 1. The number of carbonyl (C=O) groups is 1. The molecule has 1 fully saturated rings. The molecule has 1 amide bonds. The molecule has 0 bridgehead atoms. The van der Waals surface area contributed by atoms with E-state index in [4.69, 9.17) is 4.42 Å². The van der Waals surface area contributed by atoms with Gasteiger partial charge in [-0.25, -0.2) is 0 Å². The van der Waals surface area contributed by atoms with E-state index in [-0.39, 0.29) is 11.9 Å². The molecule has 2 heterocycles. The van der Waals surface area contributed by atoms with Gasteiger partial charge in [0, 0.05) is 45.6 Å². The van der Waals surface area contributed by atoms with Crippen LogP contribution in [0.1, 0.15) is 23.8 Å². The van der Waals surface area contributed by atoms with Crippen LogP contribution < -0.4 is 5.32 Å². The van der Waals surface area contributed by atoms with Crippen molar-refractivity contribution in [2.24, 2.45) is 0 Å². The molecule has 1 saturated heterocycles. The van der Waals surface area contributed by atoms with Crippen LogP contribution in [-0.2, 0) is 11.2 Å². The number of likely N-dealkylation sites (N-methyl/N-ethyl adjacent to an activating group) is 1. The minimum absolute atomic E-state index is 0.0754.